The minimum absolute atomic E-state index is 0.0677. The Balaban J connectivity index is 1.23. The lowest BCUT2D eigenvalue weighted by Gasteiger charge is -2.32. The van der Waals surface area contributed by atoms with Gasteiger partial charge >= 0.3 is 0 Å². The van der Waals surface area contributed by atoms with Crippen molar-refractivity contribution in [1.29, 1.82) is 0 Å². The minimum atomic E-state index is -0.282. The summed E-state index contributed by atoms with van der Waals surface area (Å²) < 4.78 is 13.5. The lowest BCUT2D eigenvalue weighted by molar-refractivity contribution is -0.125. The Morgan fingerprint density at radius 1 is 1.11 bits per heavy atom. The second-order valence-corrected chi connectivity index (χ2v) is 9.07. The van der Waals surface area contributed by atoms with E-state index in [9.17, 15) is 9.18 Å². The van der Waals surface area contributed by atoms with Gasteiger partial charge in [0.1, 0.15) is 5.82 Å². The molecule has 1 aliphatic rings. The molecule has 0 radical (unpaired) electrons. The van der Waals surface area contributed by atoms with Crippen molar-refractivity contribution in [3.8, 4) is 11.1 Å². The molecule has 1 fully saturated rings. The summed E-state index contributed by atoms with van der Waals surface area (Å²) >= 11 is 0. The van der Waals surface area contributed by atoms with Crippen molar-refractivity contribution < 1.29 is 9.18 Å². The van der Waals surface area contributed by atoms with Crippen molar-refractivity contribution in [3.63, 3.8) is 0 Å². The molecule has 1 aliphatic heterocycles. The van der Waals surface area contributed by atoms with Gasteiger partial charge in [0.2, 0.25) is 11.9 Å². The van der Waals surface area contributed by atoms with Crippen LogP contribution >= 0.6 is 0 Å². The average Bonchev–Trinajstić information content (AvgIpc) is 2.91. The number of rotatable bonds is 10. The van der Waals surface area contributed by atoms with E-state index in [0.717, 1.165) is 56.6 Å². The summed E-state index contributed by atoms with van der Waals surface area (Å²) in [6.45, 7) is 7.16. The number of carbonyl (C=O) groups excluding carboxylic acids is 1. The number of anilines is 1. The number of hydrogen-bond donors (Lipinski definition) is 1. The first-order valence-corrected chi connectivity index (χ1v) is 12.5. The third kappa shape index (κ3) is 7.09. The van der Waals surface area contributed by atoms with Crippen molar-refractivity contribution in [2.45, 2.75) is 32.7 Å². The SMILES string of the molecule is CCN(CCCNC(=O)[C@H]1CCCN(c2ncc(-c3cccc(F)c3)cn2)C1)Cc1ccccc1. The third-order valence-corrected chi connectivity index (χ3v) is 6.52. The fourth-order valence-corrected chi connectivity index (χ4v) is 4.52. The van der Waals surface area contributed by atoms with Crippen LogP contribution in [0.2, 0.25) is 0 Å². The summed E-state index contributed by atoms with van der Waals surface area (Å²) in [5.41, 5.74) is 2.83. The molecule has 6 nitrogen and oxygen atoms in total. The fraction of sp³-hybridized carbons (Fsp3) is 0.393. The van der Waals surface area contributed by atoms with Crippen LogP contribution in [0.5, 0.6) is 0 Å². The molecule has 0 unspecified atom stereocenters. The Morgan fingerprint density at radius 2 is 1.91 bits per heavy atom. The summed E-state index contributed by atoms with van der Waals surface area (Å²) in [7, 11) is 0. The first kappa shape index (κ1) is 24.8. The maximum absolute atomic E-state index is 13.5. The van der Waals surface area contributed by atoms with Gasteiger partial charge in [-0.1, -0.05) is 49.4 Å². The maximum Gasteiger partial charge on any atom is 0.225 e. The number of amides is 1. The van der Waals surface area contributed by atoms with E-state index in [1.165, 1.54) is 17.7 Å². The van der Waals surface area contributed by atoms with Gasteiger partial charge in [0, 0.05) is 50.7 Å². The topological polar surface area (TPSA) is 61.4 Å². The monoisotopic (exact) mass is 475 g/mol. The third-order valence-electron chi connectivity index (χ3n) is 6.52. The van der Waals surface area contributed by atoms with Crippen LogP contribution in [0.4, 0.5) is 10.3 Å². The van der Waals surface area contributed by atoms with Crippen LogP contribution < -0.4 is 10.2 Å². The van der Waals surface area contributed by atoms with Crippen LogP contribution in [0.1, 0.15) is 31.7 Å². The molecular formula is C28H34FN5O. The molecule has 2 heterocycles. The number of carbonyl (C=O) groups is 1. The zero-order valence-electron chi connectivity index (χ0n) is 20.4. The standard InChI is InChI=1S/C28H34FN5O/c1-2-33(20-22-9-4-3-5-10-22)15-8-14-30-27(35)24-12-7-16-34(21-24)28-31-18-25(19-32-28)23-11-6-13-26(29)17-23/h3-6,9-11,13,17-19,24H,2,7-8,12,14-16,20-21H2,1H3,(H,30,35)/t24-/m0/s1. The molecule has 0 saturated carbocycles. The Morgan fingerprint density at radius 3 is 2.66 bits per heavy atom. The molecule has 0 bridgehead atoms. The smallest absolute Gasteiger partial charge is 0.225 e. The van der Waals surface area contributed by atoms with Crippen molar-refractivity contribution in [3.05, 3.63) is 78.4 Å². The second kappa shape index (κ2) is 12.4. The van der Waals surface area contributed by atoms with Gasteiger partial charge < -0.3 is 10.2 Å². The highest BCUT2D eigenvalue weighted by atomic mass is 19.1. The van der Waals surface area contributed by atoms with Gasteiger partial charge in [-0.15, -0.1) is 0 Å². The van der Waals surface area contributed by atoms with Gasteiger partial charge in [0.15, 0.2) is 0 Å². The van der Waals surface area contributed by atoms with Crippen molar-refractivity contribution >= 4 is 11.9 Å². The summed E-state index contributed by atoms with van der Waals surface area (Å²) in [6, 6.07) is 16.9. The van der Waals surface area contributed by atoms with Crippen molar-refractivity contribution in [2.24, 2.45) is 5.92 Å². The number of nitrogens with zero attached hydrogens (tertiary/aromatic N) is 4. The van der Waals surface area contributed by atoms with E-state index in [4.69, 9.17) is 0 Å². The lowest BCUT2D eigenvalue weighted by Crippen LogP contribution is -2.44. The van der Waals surface area contributed by atoms with E-state index < -0.39 is 0 Å². The van der Waals surface area contributed by atoms with Crippen molar-refractivity contribution in [1.82, 2.24) is 20.2 Å². The average molecular weight is 476 g/mol. The number of nitrogens with one attached hydrogen (secondary N) is 1. The molecule has 1 aromatic heterocycles. The summed E-state index contributed by atoms with van der Waals surface area (Å²) in [6.07, 6.45) is 6.16. The number of piperidine rings is 1. The molecule has 2 aromatic carbocycles. The normalized spacial score (nSPS) is 15.9. The highest BCUT2D eigenvalue weighted by molar-refractivity contribution is 5.79. The summed E-state index contributed by atoms with van der Waals surface area (Å²) in [5, 5.41) is 3.14. The van der Waals surface area contributed by atoms with Gasteiger partial charge in [0.25, 0.3) is 0 Å². The molecular weight excluding hydrogens is 441 g/mol. The van der Waals surface area contributed by atoms with Crippen LogP contribution in [-0.4, -0.2) is 53.5 Å². The molecule has 1 saturated heterocycles. The first-order valence-electron chi connectivity index (χ1n) is 12.5. The van der Waals surface area contributed by atoms with Crippen LogP contribution in [0.15, 0.2) is 67.0 Å². The Bertz CT molecular complexity index is 1080. The van der Waals surface area contributed by atoms with Crippen molar-refractivity contribution in [2.75, 3.05) is 37.6 Å². The van der Waals surface area contributed by atoms with Gasteiger partial charge in [-0.3, -0.25) is 9.69 Å². The van der Waals surface area contributed by atoms with Crippen LogP contribution in [0, 0.1) is 11.7 Å². The molecule has 0 spiro atoms. The number of halogens is 1. The predicted molar refractivity (Wildman–Crippen MR) is 137 cm³/mol. The molecule has 0 aliphatic carbocycles. The highest BCUT2D eigenvalue weighted by Crippen LogP contribution is 2.23. The molecule has 1 atom stereocenters. The zero-order valence-corrected chi connectivity index (χ0v) is 20.4. The Labute approximate surface area is 207 Å². The minimum Gasteiger partial charge on any atom is -0.356 e. The largest absolute Gasteiger partial charge is 0.356 e. The summed E-state index contributed by atoms with van der Waals surface area (Å²) in [5.74, 6) is 0.372. The molecule has 35 heavy (non-hydrogen) atoms. The van der Waals surface area contributed by atoms with Gasteiger partial charge in [-0.05, 0) is 49.1 Å². The van der Waals surface area contributed by atoms with Gasteiger partial charge in [-0.25, -0.2) is 14.4 Å². The summed E-state index contributed by atoms with van der Waals surface area (Å²) in [4.78, 5) is 26.3. The van der Waals surface area contributed by atoms with Crippen LogP contribution in [-0.2, 0) is 11.3 Å². The number of aromatic nitrogens is 2. The zero-order chi connectivity index (χ0) is 24.5. The number of hydrogen-bond acceptors (Lipinski definition) is 5. The Hall–Kier alpha value is -3.32. The van der Waals surface area contributed by atoms with E-state index in [1.54, 1.807) is 18.5 Å². The molecule has 7 heteroatoms. The first-order chi connectivity index (χ1) is 17.1. The molecule has 3 aromatic rings. The molecule has 1 N–H and O–H groups in total. The maximum atomic E-state index is 13.5. The Kier molecular flexibility index (Phi) is 8.79. The molecule has 4 rings (SSSR count). The van der Waals surface area contributed by atoms with Gasteiger partial charge in [-0.2, -0.15) is 0 Å². The fourth-order valence-electron chi connectivity index (χ4n) is 4.52. The van der Waals surface area contributed by atoms with E-state index >= 15 is 0 Å². The molecule has 1 amide bonds. The number of benzene rings is 2. The second-order valence-electron chi connectivity index (χ2n) is 9.07. The highest BCUT2D eigenvalue weighted by Gasteiger charge is 2.27. The van der Waals surface area contributed by atoms with E-state index in [-0.39, 0.29) is 17.6 Å². The quantitative estimate of drug-likeness (QED) is 0.437. The van der Waals surface area contributed by atoms with E-state index in [0.29, 0.717) is 19.0 Å². The predicted octanol–water partition coefficient (Wildman–Crippen LogP) is 4.53. The van der Waals surface area contributed by atoms with Crippen LogP contribution in [0.3, 0.4) is 0 Å². The lowest BCUT2D eigenvalue weighted by atomic mass is 9.97. The van der Waals surface area contributed by atoms with E-state index in [1.807, 2.05) is 12.1 Å². The van der Waals surface area contributed by atoms with Gasteiger partial charge in [0.05, 0.1) is 5.92 Å². The molecule has 184 valence electrons. The van der Waals surface area contributed by atoms with Crippen LogP contribution in [0.25, 0.3) is 11.1 Å². The van der Waals surface area contributed by atoms with E-state index in [2.05, 4.69) is 56.3 Å².